The predicted molar refractivity (Wildman–Crippen MR) is 156 cm³/mol. The molecule has 3 aromatic heterocycles. The number of morpholine rings is 1. The van der Waals surface area contributed by atoms with Gasteiger partial charge in [-0.2, -0.15) is 4.98 Å². The standard InChI is InChI=1S/C32H33N5O4/c1-3-11-25-28(31-33-26(35-41-31)20-22-12-7-5-8-13-22)29(32(38)40-4-2)30-24(23-14-9-6-10-15-23)21-27(34-37(25)30)36-16-18-39-19-17-36/h5-10,12-15,21H,3-4,11,16-20H2,1-2H3. The monoisotopic (exact) mass is 551 g/mol. The quantitative estimate of drug-likeness (QED) is 0.218. The average molecular weight is 552 g/mol. The van der Waals surface area contributed by atoms with E-state index in [1.54, 1.807) is 6.92 Å². The number of benzene rings is 2. The van der Waals surface area contributed by atoms with Crippen LogP contribution in [0.2, 0.25) is 0 Å². The van der Waals surface area contributed by atoms with Crippen molar-refractivity contribution in [2.75, 3.05) is 37.8 Å². The van der Waals surface area contributed by atoms with Gasteiger partial charge in [0.1, 0.15) is 11.4 Å². The van der Waals surface area contributed by atoms with Crippen molar-refractivity contribution in [1.29, 1.82) is 0 Å². The lowest BCUT2D eigenvalue weighted by Crippen LogP contribution is -2.37. The van der Waals surface area contributed by atoms with E-state index in [1.807, 2.05) is 65.2 Å². The summed E-state index contributed by atoms with van der Waals surface area (Å²) in [4.78, 5) is 20.8. The van der Waals surface area contributed by atoms with Gasteiger partial charge in [-0.05, 0) is 30.5 Å². The average Bonchev–Trinajstić information content (AvgIpc) is 3.60. The van der Waals surface area contributed by atoms with E-state index in [2.05, 4.69) is 23.0 Å². The second-order valence-electron chi connectivity index (χ2n) is 9.99. The van der Waals surface area contributed by atoms with Gasteiger partial charge in [0.15, 0.2) is 5.82 Å². The van der Waals surface area contributed by atoms with Crippen LogP contribution < -0.4 is 4.90 Å². The highest BCUT2D eigenvalue weighted by atomic mass is 16.5. The van der Waals surface area contributed by atoms with Crippen LogP contribution in [-0.2, 0) is 22.3 Å². The first kappa shape index (κ1) is 26.7. The van der Waals surface area contributed by atoms with Crippen molar-refractivity contribution in [3.05, 3.63) is 89.4 Å². The van der Waals surface area contributed by atoms with E-state index < -0.39 is 5.97 Å². The van der Waals surface area contributed by atoms with Crippen LogP contribution in [0.4, 0.5) is 5.82 Å². The van der Waals surface area contributed by atoms with Gasteiger partial charge >= 0.3 is 5.97 Å². The van der Waals surface area contributed by atoms with Gasteiger partial charge in [-0.1, -0.05) is 79.2 Å². The van der Waals surface area contributed by atoms with E-state index in [4.69, 9.17) is 24.1 Å². The van der Waals surface area contributed by atoms with Gasteiger partial charge < -0.3 is 18.9 Å². The highest BCUT2D eigenvalue weighted by Crippen LogP contribution is 2.39. The summed E-state index contributed by atoms with van der Waals surface area (Å²) >= 11 is 0. The van der Waals surface area contributed by atoms with E-state index in [9.17, 15) is 4.79 Å². The van der Waals surface area contributed by atoms with Crippen LogP contribution in [0.1, 0.15) is 47.7 Å². The number of esters is 1. The first-order valence-corrected chi connectivity index (χ1v) is 14.2. The summed E-state index contributed by atoms with van der Waals surface area (Å²) in [6, 6.07) is 22.1. The highest BCUT2D eigenvalue weighted by molar-refractivity contribution is 6.08. The summed E-state index contributed by atoms with van der Waals surface area (Å²) in [5.41, 5.74) is 5.43. The molecule has 4 heterocycles. The third-order valence-corrected chi connectivity index (χ3v) is 7.25. The Morgan fingerprint density at radius 2 is 1.73 bits per heavy atom. The normalized spacial score (nSPS) is 13.6. The Morgan fingerprint density at radius 3 is 2.44 bits per heavy atom. The fourth-order valence-corrected chi connectivity index (χ4v) is 5.39. The molecule has 1 aliphatic rings. The molecule has 0 saturated carbocycles. The molecule has 0 bridgehead atoms. The molecule has 0 atom stereocenters. The first-order valence-electron chi connectivity index (χ1n) is 14.2. The molecule has 2 aromatic carbocycles. The molecular weight excluding hydrogens is 518 g/mol. The van der Waals surface area contributed by atoms with Crippen LogP contribution in [0.15, 0.2) is 71.3 Å². The fraction of sp³-hybridized carbons (Fsp3) is 0.312. The van der Waals surface area contributed by atoms with Crippen molar-refractivity contribution in [2.45, 2.75) is 33.1 Å². The van der Waals surface area contributed by atoms with Gasteiger partial charge in [-0.15, -0.1) is 5.10 Å². The number of hydrogen-bond acceptors (Lipinski definition) is 8. The molecule has 0 radical (unpaired) electrons. The lowest BCUT2D eigenvalue weighted by molar-refractivity contribution is 0.0529. The van der Waals surface area contributed by atoms with E-state index in [1.165, 1.54) is 0 Å². The molecule has 1 saturated heterocycles. The molecule has 0 aliphatic carbocycles. The maximum Gasteiger partial charge on any atom is 0.341 e. The van der Waals surface area contributed by atoms with Crippen molar-refractivity contribution < 1.29 is 18.8 Å². The Balaban J connectivity index is 1.61. The number of ether oxygens (including phenoxy) is 2. The van der Waals surface area contributed by atoms with Crippen LogP contribution >= 0.6 is 0 Å². The second-order valence-corrected chi connectivity index (χ2v) is 9.99. The first-order chi connectivity index (χ1) is 20.2. The second kappa shape index (κ2) is 11.9. The zero-order valence-corrected chi connectivity index (χ0v) is 23.4. The van der Waals surface area contributed by atoms with Gasteiger partial charge in [-0.3, -0.25) is 0 Å². The minimum atomic E-state index is -0.441. The maximum absolute atomic E-state index is 13.8. The predicted octanol–water partition coefficient (Wildman–Crippen LogP) is 5.61. The third-order valence-electron chi connectivity index (χ3n) is 7.25. The van der Waals surface area contributed by atoms with E-state index in [-0.39, 0.29) is 6.61 Å². The Labute approximate surface area is 238 Å². The molecule has 210 valence electrons. The molecule has 5 aromatic rings. The molecular formula is C32H33N5O4. The third kappa shape index (κ3) is 5.32. The van der Waals surface area contributed by atoms with Crippen molar-refractivity contribution in [2.24, 2.45) is 0 Å². The molecule has 41 heavy (non-hydrogen) atoms. The number of fused-ring (bicyclic) bond motifs is 1. The number of carbonyl (C=O) groups excluding carboxylic acids is 1. The number of aromatic nitrogens is 4. The van der Waals surface area contributed by atoms with Crippen LogP contribution in [0, 0.1) is 0 Å². The largest absolute Gasteiger partial charge is 0.462 e. The zero-order chi connectivity index (χ0) is 28.2. The van der Waals surface area contributed by atoms with Gasteiger partial charge in [-0.25, -0.2) is 9.31 Å². The number of aryl methyl sites for hydroxylation is 1. The Hall–Kier alpha value is -4.50. The van der Waals surface area contributed by atoms with E-state index in [0.29, 0.717) is 54.4 Å². The van der Waals surface area contributed by atoms with Gasteiger partial charge in [0.2, 0.25) is 0 Å². The smallest absolute Gasteiger partial charge is 0.341 e. The lowest BCUT2D eigenvalue weighted by atomic mass is 10.0. The molecule has 9 heteroatoms. The summed E-state index contributed by atoms with van der Waals surface area (Å²) in [5.74, 6) is 1.22. The van der Waals surface area contributed by atoms with Crippen molar-refractivity contribution in [3.8, 4) is 22.6 Å². The topological polar surface area (TPSA) is 95.0 Å². The SMILES string of the molecule is CCCc1c(-c2nc(Cc3ccccc3)no2)c(C(=O)OCC)c2c(-c3ccccc3)cc(N3CCOCC3)nn12. The maximum atomic E-state index is 13.8. The summed E-state index contributed by atoms with van der Waals surface area (Å²) in [6.45, 7) is 6.90. The number of anilines is 1. The number of rotatable bonds is 9. The number of carbonyl (C=O) groups is 1. The van der Waals surface area contributed by atoms with Crippen molar-refractivity contribution in [1.82, 2.24) is 19.8 Å². The Kier molecular flexibility index (Phi) is 7.78. The highest BCUT2D eigenvalue weighted by Gasteiger charge is 2.32. The summed E-state index contributed by atoms with van der Waals surface area (Å²) < 4.78 is 19.0. The fourth-order valence-electron chi connectivity index (χ4n) is 5.39. The summed E-state index contributed by atoms with van der Waals surface area (Å²) in [5, 5.41) is 9.40. The minimum Gasteiger partial charge on any atom is -0.462 e. The van der Waals surface area contributed by atoms with Crippen LogP contribution in [0.25, 0.3) is 28.1 Å². The zero-order valence-electron chi connectivity index (χ0n) is 23.4. The number of nitrogens with zero attached hydrogens (tertiary/aromatic N) is 5. The molecule has 0 N–H and O–H groups in total. The van der Waals surface area contributed by atoms with Gasteiger partial charge in [0, 0.05) is 25.1 Å². The molecule has 1 fully saturated rings. The van der Waals surface area contributed by atoms with Crippen LogP contribution in [-0.4, -0.2) is 58.6 Å². The molecule has 9 nitrogen and oxygen atoms in total. The van der Waals surface area contributed by atoms with Gasteiger partial charge in [0.25, 0.3) is 5.89 Å². The summed E-state index contributed by atoms with van der Waals surface area (Å²) in [7, 11) is 0. The van der Waals surface area contributed by atoms with Crippen molar-refractivity contribution >= 4 is 17.3 Å². The van der Waals surface area contributed by atoms with Crippen LogP contribution in [0.5, 0.6) is 0 Å². The Morgan fingerprint density at radius 1 is 1.00 bits per heavy atom. The molecule has 0 unspecified atom stereocenters. The molecule has 6 rings (SSSR count). The van der Waals surface area contributed by atoms with Crippen molar-refractivity contribution in [3.63, 3.8) is 0 Å². The van der Waals surface area contributed by atoms with E-state index >= 15 is 0 Å². The van der Waals surface area contributed by atoms with Gasteiger partial charge in [0.05, 0.1) is 36.6 Å². The summed E-state index contributed by atoms with van der Waals surface area (Å²) in [6.07, 6.45) is 2.00. The van der Waals surface area contributed by atoms with Crippen LogP contribution in [0.3, 0.4) is 0 Å². The lowest BCUT2D eigenvalue weighted by Gasteiger charge is -2.28. The molecule has 1 aliphatic heterocycles. The minimum absolute atomic E-state index is 0.238. The molecule has 0 spiro atoms. The Bertz CT molecular complexity index is 1640. The molecule has 0 amide bonds. The van der Waals surface area contributed by atoms with E-state index in [0.717, 1.165) is 47.7 Å². The number of hydrogen-bond donors (Lipinski definition) is 0.